The van der Waals surface area contributed by atoms with E-state index in [1.54, 1.807) is 0 Å². The molecule has 0 bridgehead atoms. The third-order valence-corrected chi connectivity index (χ3v) is 2.91. The predicted molar refractivity (Wildman–Crippen MR) is 63.6 cm³/mol. The molecule has 1 N–H and O–H groups in total. The molecule has 2 heteroatoms. The third kappa shape index (κ3) is 5.60. The number of hydrogen-bond donors (Lipinski definition) is 1. The Bertz CT molecular complexity index is 211. The number of amides is 1. The first kappa shape index (κ1) is 12.3. The van der Waals surface area contributed by atoms with Crippen molar-refractivity contribution in [3.05, 3.63) is 12.2 Å². The molecular formula is C13H23NO. The number of allylic oxidation sites excluding steroid dienone is 2. The second kappa shape index (κ2) is 7.49. The average molecular weight is 209 g/mol. The maximum atomic E-state index is 11.5. The van der Waals surface area contributed by atoms with Crippen molar-refractivity contribution in [2.75, 3.05) is 6.54 Å². The standard InChI is InChI=1S/C13H23NO/c1-2-3-4-7-10-14-13(15)11-12-8-5-6-9-12/h5,8,12H,2-4,6-7,9-11H2,1H3,(H,14,15). The number of nitrogens with one attached hydrogen (secondary N) is 1. The summed E-state index contributed by atoms with van der Waals surface area (Å²) < 4.78 is 0. The Hall–Kier alpha value is -0.790. The minimum Gasteiger partial charge on any atom is -0.356 e. The highest BCUT2D eigenvalue weighted by atomic mass is 16.1. The summed E-state index contributed by atoms with van der Waals surface area (Å²) in [7, 11) is 0. The molecule has 1 atom stereocenters. The summed E-state index contributed by atoms with van der Waals surface area (Å²) in [4.78, 5) is 11.5. The van der Waals surface area contributed by atoms with E-state index in [9.17, 15) is 4.79 Å². The fraction of sp³-hybridized carbons (Fsp3) is 0.769. The predicted octanol–water partition coefficient (Wildman–Crippen LogP) is 3.04. The van der Waals surface area contributed by atoms with Gasteiger partial charge in [0.2, 0.25) is 5.91 Å². The molecule has 0 aromatic carbocycles. The van der Waals surface area contributed by atoms with Crippen LogP contribution in [0.3, 0.4) is 0 Å². The Balaban J connectivity index is 1.96. The van der Waals surface area contributed by atoms with E-state index in [0.717, 1.165) is 25.8 Å². The van der Waals surface area contributed by atoms with Crippen LogP contribution in [0.1, 0.15) is 51.9 Å². The lowest BCUT2D eigenvalue weighted by molar-refractivity contribution is -0.121. The van der Waals surface area contributed by atoms with Gasteiger partial charge in [-0.1, -0.05) is 38.3 Å². The smallest absolute Gasteiger partial charge is 0.220 e. The molecule has 15 heavy (non-hydrogen) atoms. The molecule has 1 amide bonds. The van der Waals surface area contributed by atoms with E-state index in [4.69, 9.17) is 0 Å². The number of carbonyl (C=O) groups excluding carboxylic acids is 1. The lowest BCUT2D eigenvalue weighted by atomic mass is 10.1. The zero-order valence-electron chi connectivity index (χ0n) is 9.80. The Kier molecular flexibility index (Phi) is 6.14. The Labute approximate surface area is 93.1 Å². The lowest BCUT2D eigenvalue weighted by Crippen LogP contribution is -2.25. The minimum absolute atomic E-state index is 0.225. The number of hydrogen-bond acceptors (Lipinski definition) is 1. The van der Waals surface area contributed by atoms with Crippen LogP contribution >= 0.6 is 0 Å². The zero-order chi connectivity index (χ0) is 10.9. The summed E-state index contributed by atoms with van der Waals surface area (Å²) in [6, 6.07) is 0. The molecule has 0 aliphatic heterocycles. The molecular weight excluding hydrogens is 186 g/mol. The molecule has 0 radical (unpaired) electrons. The number of rotatable bonds is 7. The number of carbonyl (C=O) groups is 1. The summed E-state index contributed by atoms with van der Waals surface area (Å²) in [5.41, 5.74) is 0. The molecule has 0 aromatic heterocycles. The normalized spacial score (nSPS) is 19.4. The van der Waals surface area contributed by atoms with Crippen molar-refractivity contribution >= 4 is 5.91 Å². The first-order chi connectivity index (χ1) is 7.33. The highest BCUT2D eigenvalue weighted by molar-refractivity contribution is 5.76. The molecule has 1 aliphatic carbocycles. The second-order valence-electron chi connectivity index (χ2n) is 4.38. The zero-order valence-corrected chi connectivity index (χ0v) is 9.80. The van der Waals surface area contributed by atoms with Crippen molar-refractivity contribution in [1.82, 2.24) is 5.32 Å². The molecule has 1 unspecified atom stereocenters. The highest BCUT2D eigenvalue weighted by Crippen LogP contribution is 2.19. The molecule has 0 heterocycles. The summed E-state index contributed by atoms with van der Waals surface area (Å²) >= 11 is 0. The Morgan fingerprint density at radius 3 is 2.93 bits per heavy atom. The van der Waals surface area contributed by atoms with Crippen molar-refractivity contribution < 1.29 is 4.79 Å². The van der Waals surface area contributed by atoms with E-state index in [1.165, 1.54) is 19.3 Å². The van der Waals surface area contributed by atoms with Crippen LogP contribution in [0.15, 0.2) is 12.2 Å². The van der Waals surface area contributed by atoms with Crippen LogP contribution in [-0.4, -0.2) is 12.5 Å². The van der Waals surface area contributed by atoms with Crippen LogP contribution in [0.5, 0.6) is 0 Å². The van der Waals surface area contributed by atoms with Crippen LogP contribution in [-0.2, 0) is 4.79 Å². The van der Waals surface area contributed by atoms with Crippen molar-refractivity contribution in [2.45, 2.75) is 51.9 Å². The van der Waals surface area contributed by atoms with Crippen LogP contribution in [0, 0.1) is 5.92 Å². The largest absolute Gasteiger partial charge is 0.356 e. The topological polar surface area (TPSA) is 29.1 Å². The van der Waals surface area contributed by atoms with Gasteiger partial charge in [-0.2, -0.15) is 0 Å². The molecule has 0 spiro atoms. The summed E-state index contributed by atoms with van der Waals surface area (Å²) in [6.07, 6.45) is 12.2. The molecule has 2 nitrogen and oxygen atoms in total. The summed E-state index contributed by atoms with van der Waals surface area (Å²) in [5, 5.41) is 3.00. The molecule has 1 rings (SSSR count). The summed E-state index contributed by atoms with van der Waals surface area (Å²) in [5.74, 6) is 0.726. The molecule has 86 valence electrons. The van der Waals surface area contributed by atoms with Gasteiger partial charge in [-0.05, 0) is 25.2 Å². The van der Waals surface area contributed by atoms with E-state index >= 15 is 0 Å². The highest BCUT2D eigenvalue weighted by Gasteiger charge is 2.13. The molecule has 0 aromatic rings. The van der Waals surface area contributed by atoms with E-state index in [0.29, 0.717) is 12.3 Å². The van der Waals surface area contributed by atoms with Gasteiger partial charge in [-0.25, -0.2) is 0 Å². The van der Waals surface area contributed by atoms with Gasteiger partial charge in [0.1, 0.15) is 0 Å². The maximum absolute atomic E-state index is 11.5. The quantitative estimate of drug-likeness (QED) is 0.507. The van der Waals surface area contributed by atoms with E-state index < -0.39 is 0 Å². The Morgan fingerprint density at radius 2 is 2.27 bits per heavy atom. The lowest BCUT2D eigenvalue weighted by Gasteiger charge is -2.08. The van der Waals surface area contributed by atoms with Crippen LogP contribution < -0.4 is 5.32 Å². The Morgan fingerprint density at radius 1 is 1.40 bits per heavy atom. The van der Waals surface area contributed by atoms with Gasteiger partial charge in [-0.15, -0.1) is 0 Å². The first-order valence-corrected chi connectivity index (χ1v) is 6.26. The van der Waals surface area contributed by atoms with Crippen LogP contribution in [0.25, 0.3) is 0 Å². The van der Waals surface area contributed by atoms with Gasteiger partial charge in [0, 0.05) is 13.0 Å². The van der Waals surface area contributed by atoms with Gasteiger partial charge < -0.3 is 5.32 Å². The molecule has 0 fully saturated rings. The van der Waals surface area contributed by atoms with Gasteiger partial charge in [0.15, 0.2) is 0 Å². The van der Waals surface area contributed by atoms with Crippen molar-refractivity contribution in [3.8, 4) is 0 Å². The SMILES string of the molecule is CCCCCCNC(=O)CC1C=CCC1. The monoisotopic (exact) mass is 209 g/mol. The van der Waals surface area contributed by atoms with Crippen molar-refractivity contribution in [2.24, 2.45) is 5.92 Å². The maximum Gasteiger partial charge on any atom is 0.220 e. The van der Waals surface area contributed by atoms with Gasteiger partial charge in [-0.3, -0.25) is 4.79 Å². The van der Waals surface area contributed by atoms with E-state index in [-0.39, 0.29) is 5.91 Å². The fourth-order valence-electron chi connectivity index (χ4n) is 1.96. The molecule has 0 saturated heterocycles. The van der Waals surface area contributed by atoms with Crippen molar-refractivity contribution in [3.63, 3.8) is 0 Å². The summed E-state index contributed by atoms with van der Waals surface area (Å²) in [6.45, 7) is 3.06. The number of unbranched alkanes of at least 4 members (excludes halogenated alkanes) is 3. The second-order valence-corrected chi connectivity index (χ2v) is 4.38. The van der Waals surface area contributed by atoms with E-state index in [2.05, 4.69) is 24.4 Å². The molecule has 0 saturated carbocycles. The molecule has 1 aliphatic rings. The van der Waals surface area contributed by atoms with Gasteiger partial charge >= 0.3 is 0 Å². The minimum atomic E-state index is 0.225. The van der Waals surface area contributed by atoms with E-state index in [1.807, 2.05) is 0 Å². The van der Waals surface area contributed by atoms with Crippen molar-refractivity contribution in [1.29, 1.82) is 0 Å². The fourth-order valence-corrected chi connectivity index (χ4v) is 1.96. The van der Waals surface area contributed by atoms with Crippen LogP contribution in [0.4, 0.5) is 0 Å². The third-order valence-electron chi connectivity index (χ3n) is 2.91. The van der Waals surface area contributed by atoms with Crippen LogP contribution in [0.2, 0.25) is 0 Å². The van der Waals surface area contributed by atoms with Gasteiger partial charge in [0.05, 0.1) is 0 Å². The first-order valence-electron chi connectivity index (χ1n) is 6.26. The average Bonchev–Trinajstić information content (AvgIpc) is 2.70. The van der Waals surface area contributed by atoms with Gasteiger partial charge in [0.25, 0.3) is 0 Å².